The van der Waals surface area contributed by atoms with E-state index in [1.807, 2.05) is 30.3 Å². The van der Waals surface area contributed by atoms with Gasteiger partial charge in [-0.2, -0.15) is 5.11 Å². The van der Waals surface area contributed by atoms with Crippen LogP contribution < -0.4 is 0 Å². The van der Waals surface area contributed by atoms with E-state index in [-0.39, 0.29) is 5.91 Å². The minimum absolute atomic E-state index is 0.263. The Hall–Kier alpha value is -2.30. The number of carboxylic acids is 1. The van der Waals surface area contributed by atoms with Crippen LogP contribution in [0, 0.1) is 0 Å². The minimum atomic E-state index is -0.833. The first-order chi connectivity index (χ1) is 7.61. The quantitative estimate of drug-likeness (QED) is 0.783. The highest BCUT2D eigenvalue weighted by atomic mass is 16.4. The van der Waals surface area contributed by atoms with Crippen molar-refractivity contribution in [2.45, 2.75) is 6.92 Å². The molecule has 0 bridgehead atoms. The molecule has 0 saturated carbocycles. The summed E-state index contributed by atoms with van der Waals surface area (Å²) in [6.07, 6.45) is 1.48. The summed E-state index contributed by atoms with van der Waals surface area (Å²) in [5.41, 5.74) is 1.43. The molecule has 0 saturated heterocycles. The molecule has 5 nitrogen and oxygen atoms in total. The van der Waals surface area contributed by atoms with Gasteiger partial charge in [0.15, 0.2) is 0 Å². The molecule has 1 N–H and O–H groups in total. The van der Waals surface area contributed by atoms with E-state index in [4.69, 9.17) is 9.90 Å². The molecule has 0 aromatic heterocycles. The van der Waals surface area contributed by atoms with Crippen molar-refractivity contribution in [1.82, 2.24) is 0 Å². The van der Waals surface area contributed by atoms with Crippen LogP contribution in [0.15, 0.2) is 46.8 Å². The molecular weight excluding hydrogens is 208 g/mol. The number of benzene rings is 1. The van der Waals surface area contributed by atoms with Gasteiger partial charge in [0.2, 0.25) is 0 Å². The number of azo groups is 1. The molecule has 5 heteroatoms. The van der Waals surface area contributed by atoms with Crippen molar-refractivity contribution in [3.8, 4) is 0 Å². The molecule has 1 heterocycles. The predicted octanol–water partition coefficient (Wildman–Crippen LogP) is 2.11. The van der Waals surface area contributed by atoms with Crippen LogP contribution in [-0.2, 0) is 9.59 Å². The zero-order valence-corrected chi connectivity index (χ0v) is 8.62. The average molecular weight is 218 g/mol. The van der Waals surface area contributed by atoms with Crippen molar-refractivity contribution in [2.24, 2.45) is 10.2 Å². The maximum Gasteiger partial charge on any atom is 0.300 e. The van der Waals surface area contributed by atoms with E-state index in [0.29, 0.717) is 5.57 Å². The van der Waals surface area contributed by atoms with Gasteiger partial charge in [0.25, 0.3) is 11.9 Å². The largest absolute Gasteiger partial charge is 0.481 e. The number of hydrogen-bond donors (Lipinski definition) is 1. The molecule has 0 radical (unpaired) electrons. The van der Waals surface area contributed by atoms with Crippen LogP contribution in [0.5, 0.6) is 0 Å². The Labute approximate surface area is 92.1 Å². The number of carboxylic acid groups (broad SMARTS) is 1. The molecule has 0 aliphatic carbocycles. The second-order valence-electron chi connectivity index (χ2n) is 2.95. The third kappa shape index (κ3) is 3.45. The lowest BCUT2D eigenvalue weighted by molar-refractivity contribution is -0.134. The summed E-state index contributed by atoms with van der Waals surface area (Å²) in [7, 11) is 0. The summed E-state index contributed by atoms with van der Waals surface area (Å²) in [6, 6.07) is 9.38. The van der Waals surface area contributed by atoms with Gasteiger partial charge in [-0.1, -0.05) is 30.3 Å². The number of amides is 1. The van der Waals surface area contributed by atoms with Gasteiger partial charge in [-0.05, 0) is 5.56 Å². The third-order valence-electron chi connectivity index (χ3n) is 1.65. The number of rotatable bonds is 1. The molecule has 16 heavy (non-hydrogen) atoms. The van der Waals surface area contributed by atoms with E-state index >= 15 is 0 Å². The first kappa shape index (κ1) is 11.8. The lowest BCUT2D eigenvalue weighted by Crippen LogP contribution is -1.92. The summed E-state index contributed by atoms with van der Waals surface area (Å²) in [6.45, 7) is 1.08. The van der Waals surface area contributed by atoms with Crippen LogP contribution in [0.3, 0.4) is 0 Å². The molecule has 0 fully saturated rings. The Morgan fingerprint density at radius 1 is 1.25 bits per heavy atom. The SMILES string of the molecule is CC(=O)O.O=C1N=NC=C1c1ccccc1. The summed E-state index contributed by atoms with van der Waals surface area (Å²) in [5, 5.41) is 14.3. The Morgan fingerprint density at radius 3 is 2.25 bits per heavy atom. The molecule has 1 aromatic rings. The fourth-order valence-electron chi connectivity index (χ4n) is 1.06. The van der Waals surface area contributed by atoms with Crippen molar-refractivity contribution in [3.63, 3.8) is 0 Å². The first-order valence-electron chi connectivity index (χ1n) is 4.51. The molecular formula is C11H10N2O3. The highest BCUT2D eigenvalue weighted by Crippen LogP contribution is 2.19. The van der Waals surface area contributed by atoms with E-state index < -0.39 is 5.97 Å². The van der Waals surface area contributed by atoms with Gasteiger partial charge >= 0.3 is 0 Å². The maximum absolute atomic E-state index is 11.0. The standard InChI is InChI=1S/C9H6N2O.C2H4O2/c12-9-8(6-10-11-9)7-4-2-1-3-5-7;1-2(3)4/h1-6H;1H3,(H,3,4). The van der Waals surface area contributed by atoms with E-state index in [9.17, 15) is 4.79 Å². The summed E-state index contributed by atoms with van der Waals surface area (Å²) in [5.74, 6) is -1.10. The predicted molar refractivity (Wildman–Crippen MR) is 57.6 cm³/mol. The van der Waals surface area contributed by atoms with Crippen LogP contribution in [0.1, 0.15) is 12.5 Å². The fourth-order valence-corrected chi connectivity index (χ4v) is 1.06. The Kier molecular flexibility index (Phi) is 4.08. The van der Waals surface area contributed by atoms with Crippen LogP contribution in [0.2, 0.25) is 0 Å². The third-order valence-corrected chi connectivity index (χ3v) is 1.65. The summed E-state index contributed by atoms with van der Waals surface area (Å²) < 4.78 is 0. The Balaban J connectivity index is 0.000000280. The van der Waals surface area contributed by atoms with E-state index in [0.717, 1.165) is 12.5 Å². The minimum Gasteiger partial charge on any atom is -0.481 e. The smallest absolute Gasteiger partial charge is 0.300 e. The maximum atomic E-state index is 11.0. The first-order valence-corrected chi connectivity index (χ1v) is 4.51. The highest BCUT2D eigenvalue weighted by molar-refractivity contribution is 6.20. The number of carbonyl (C=O) groups excluding carboxylic acids is 1. The van der Waals surface area contributed by atoms with Crippen molar-refractivity contribution >= 4 is 17.4 Å². The van der Waals surface area contributed by atoms with E-state index in [1.54, 1.807) is 0 Å². The molecule has 0 unspecified atom stereocenters. The normalized spacial score (nSPS) is 12.8. The van der Waals surface area contributed by atoms with Gasteiger partial charge < -0.3 is 5.11 Å². The fraction of sp³-hybridized carbons (Fsp3) is 0.0909. The summed E-state index contributed by atoms with van der Waals surface area (Å²) in [4.78, 5) is 20.0. The number of carbonyl (C=O) groups is 2. The van der Waals surface area contributed by atoms with Crippen molar-refractivity contribution in [3.05, 3.63) is 42.1 Å². The lowest BCUT2D eigenvalue weighted by atomic mass is 10.1. The second kappa shape index (κ2) is 5.55. The van der Waals surface area contributed by atoms with Crippen molar-refractivity contribution in [2.75, 3.05) is 0 Å². The number of hydrogen-bond acceptors (Lipinski definition) is 3. The van der Waals surface area contributed by atoms with Crippen LogP contribution in [0.4, 0.5) is 0 Å². The van der Waals surface area contributed by atoms with Gasteiger partial charge in [0.1, 0.15) is 0 Å². The van der Waals surface area contributed by atoms with E-state index in [1.165, 1.54) is 6.20 Å². The van der Waals surface area contributed by atoms with Gasteiger partial charge in [0, 0.05) is 6.92 Å². The van der Waals surface area contributed by atoms with Crippen LogP contribution >= 0.6 is 0 Å². The highest BCUT2D eigenvalue weighted by Gasteiger charge is 2.14. The molecule has 1 aliphatic heterocycles. The lowest BCUT2D eigenvalue weighted by Gasteiger charge is -1.95. The van der Waals surface area contributed by atoms with Gasteiger partial charge in [0.05, 0.1) is 11.8 Å². The van der Waals surface area contributed by atoms with Crippen LogP contribution in [-0.4, -0.2) is 17.0 Å². The molecule has 0 atom stereocenters. The van der Waals surface area contributed by atoms with E-state index in [2.05, 4.69) is 10.2 Å². The molecule has 1 aliphatic rings. The van der Waals surface area contributed by atoms with Gasteiger partial charge in [-0.15, -0.1) is 5.11 Å². The Bertz CT molecular complexity index is 446. The summed E-state index contributed by atoms with van der Waals surface area (Å²) >= 11 is 0. The zero-order chi connectivity index (χ0) is 12.0. The molecule has 1 amide bonds. The average Bonchev–Trinajstić information content (AvgIpc) is 2.65. The molecule has 1 aromatic carbocycles. The van der Waals surface area contributed by atoms with Gasteiger partial charge in [-0.25, -0.2) is 0 Å². The van der Waals surface area contributed by atoms with Crippen molar-refractivity contribution < 1.29 is 14.7 Å². The number of aliphatic carboxylic acids is 1. The number of nitrogens with zero attached hydrogens (tertiary/aromatic N) is 2. The molecule has 2 rings (SSSR count). The zero-order valence-electron chi connectivity index (χ0n) is 8.62. The molecule has 82 valence electrons. The Morgan fingerprint density at radius 2 is 1.81 bits per heavy atom. The monoisotopic (exact) mass is 218 g/mol. The topological polar surface area (TPSA) is 79.1 Å². The molecule has 0 spiro atoms. The van der Waals surface area contributed by atoms with Crippen LogP contribution in [0.25, 0.3) is 5.57 Å². The van der Waals surface area contributed by atoms with Crippen molar-refractivity contribution in [1.29, 1.82) is 0 Å². The second-order valence-corrected chi connectivity index (χ2v) is 2.95. The van der Waals surface area contributed by atoms with Gasteiger partial charge in [-0.3, -0.25) is 9.59 Å².